The third kappa shape index (κ3) is 3.22. The van der Waals surface area contributed by atoms with Crippen LogP contribution in [0.4, 0.5) is 0 Å². The zero-order chi connectivity index (χ0) is 12.1. The fourth-order valence-corrected chi connectivity index (χ4v) is 3.17. The zero-order valence-electron chi connectivity index (χ0n) is 10.6. The molecule has 0 N–H and O–H groups in total. The maximum Gasteiger partial charge on any atom is 0.0282 e. The molecule has 0 saturated carbocycles. The van der Waals surface area contributed by atoms with E-state index in [4.69, 9.17) is 0 Å². The fraction of sp³-hybridized carbons (Fsp3) is 0.500. The molecular formula is C16H21Br. The molecule has 1 aromatic rings. The van der Waals surface area contributed by atoms with Gasteiger partial charge in [0.25, 0.3) is 0 Å². The first-order chi connectivity index (χ1) is 8.33. The van der Waals surface area contributed by atoms with E-state index in [0.29, 0.717) is 0 Å². The van der Waals surface area contributed by atoms with Crippen LogP contribution >= 0.6 is 15.9 Å². The van der Waals surface area contributed by atoms with Gasteiger partial charge < -0.3 is 0 Å². The van der Waals surface area contributed by atoms with Gasteiger partial charge in [-0.15, -0.1) is 0 Å². The molecule has 0 heterocycles. The smallest absolute Gasteiger partial charge is 0.0282 e. The Bertz CT molecular complexity index is 404. The highest BCUT2D eigenvalue weighted by Gasteiger charge is 2.11. The van der Waals surface area contributed by atoms with Gasteiger partial charge in [-0.1, -0.05) is 56.9 Å². The highest BCUT2D eigenvalue weighted by molar-refractivity contribution is 9.10. The summed E-state index contributed by atoms with van der Waals surface area (Å²) in [5.41, 5.74) is 4.36. The second kappa shape index (κ2) is 6.39. The van der Waals surface area contributed by atoms with Crippen molar-refractivity contribution in [2.75, 3.05) is 0 Å². The van der Waals surface area contributed by atoms with E-state index in [2.05, 4.69) is 47.1 Å². The first kappa shape index (κ1) is 12.9. The van der Waals surface area contributed by atoms with Gasteiger partial charge in [-0.2, -0.15) is 0 Å². The van der Waals surface area contributed by atoms with Gasteiger partial charge >= 0.3 is 0 Å². The minimum absolute atomic E-state index is 1.10. The molecular weight excluding hydrogens is 272 g/mol. The van der Waals surface area contributed by atoms with Gasteiger partial charge in [-0.05, 0) is 51.9 Å². The Morgan fingerprint density at radius 1 is 1.12 bits per heavy atom. The van der Waals surface area contributed by atoms with Crippen molar-refractivity contribution >= 4 is 22.0 Å². The summed E-state index contributed by atoms with van der Waals surface area (Å²) < 4.78 is 1.33. The van der Waals surface area contributed by atoms with E-state index in [1.807, 2.05) is 0 Å². The van der Waals surface area contributed by atoms with Crippen LogP contribution in [0.5, 0.6) is 0 Å². The van der Waals surface area contributed by atoms with Gasteiger partial charge in [0.15, 0.2) is 0 Å². The molecule has 0 spiro atoms. The molecule has 0 fully saturated rings. The normalized spacial score (nSPS) is 13.1. The van der Waals surface area contributed by atoms with Crippen LogP contribution in [0.25, 0.3) is 6.08 Å². The van der Waals surface area contributed by atoms with E-state index < -0.39 is 0 Å². The lowest BCUT2D eigenvalue weighted by Gasteiger charge is -2.09. The molecule has 0 bridgehead atoms. The third-order valence-electron chi connectivity index (χ3n) is 3.52. The van der Waals surface area contributed by atoms with Crippen molar-refractivity contribution in [3.05, 3.63) is 39.4 Å². The van der Waals surface area contributed by atoms with Crippen LogP contribution in [0.2, 0.25) is 0 Å². The lowest BCUT2D eigenvalue weighted by atomic mass is 10.0. The van der Waals surface area contributed by atoms with Crippen LogP contribution in [-0.2, 0) is 12.8 Å². The van der Waals surface area contributed by atoms with Gasteiger partial charge in [0, 0.05) is 4.47 Å². The molecule has 0 amide bonds. The fourth-order valence-electron chi connectivity index (χ4n) is 2.45. The molecule has 0 nitrogen and oxygen atoms in total. The molecule has 1 heteroatoms. The second-order valence-electron chi connectivity index (χ2n) is 4.88. The number of hydrogen-bond acceptors (Lipinski definition) is 0. The molecule has 1 aromatic carbocycles. The van der Waals surface area contributed by atoms with Gasteiger partial charge in [-0.3, -0.25) is 0 Å². The number of rotatable bonds is 6. The number of unbranched alkanes of at least 4 members (excludes halogenated alkanes) is 4. The summed E-state index contributed by atoms with van der Waals surface area (Å²) >= 11 is 3.76. The van der Waals surface area contributed by atoms with Gasteiger partial charge in [-0.25, -0.2) is 0 Å². The molecule has 0 saturated heterocycles. The predicted molar refractivity (Wildman–Crippen MR) is 79.3 cm³/mol. The van der Waals surface area contributed by atoms with Gasteiger partial charge in [0.05, 0.1) is 0 Å². The van der Waals surface area contributed by atoms with Crippen molar-refractivity contribution in [3.63, 3.8) is 0 Å². The van der Waals surface area contributed by atoms with Crippen molar-refractivity contribution in [1.29, 1.82) is 0 Å². The van der Waals surface area contributed by atoms with Crippen LogP contribution in [0.15, 0.2) is 22.7 Å². The average molecular weight is 293 g/mol. The number of benzene rings is 1. The van der Waals surface area contributed by atoms with E-state index in [9.17, 15) is 0 Å². The van der Waals surface area contributed by atoms with Crippen molar-refractivity contribution in [2.45, 2.75) is 51.9 Å². The maximum atomic E-state index is 3.76. The monoisotopic (exact) mass is 292 g/mol. The Kier molecular flexibility index (Phi) is 4.85. The number of allylic oxidation sites excluding steroid dienone is 1. The Balaban J connectivity index is 1.91. The average Bonchev–Trinajstić information content (AvgIpc) is 2.80. The summed E-state index contributed by atoms with van der Waals surface area (Å²) in [6.45, 7) is 2.27. The second-order valence-corrected chi connectivity index (χ2v) is 5.68. The van der Waals surface area contributed by atoms with E-state index >= 15 is 0 Å². The summed E-state index contributed by atoms with van der Waals surface area (Å²) in [7, 11) is 0. The van der Waals surface area contributed by atoms with Crippen LogP contribution in [-0.4, -0.2) is 0 Å². The van der Waals surface area contributed by atoms with Gasteiger partial charge in [0.1, 0.15) is 0 Å². The summed E-state index contributed by atoms with van der Waals surface area (Å²) in [6, 6.07) is 4.59. The van der Waals surface area contributed by atoms with Crippen molar-refractivity contribution in [1.82, 2.24) is 0 Å². The Morgan fingerprint density at radius 3 is 2.76 bits per heavy atom. The van der Waals surface area contributed by atoms with Gasteiger partial charge in [0.2, 0.25) is 0 Å². The number of halogens is 1. The van der Waals surface area contributed by atoms with Crippen molar-refractivity contribution in [3.8, 4) is 0 Å². The zero-order valence-corrected chi connectivity index (χ0v) is 12.2. The quantitative estimate of drug-likeness (QED) is 0.605. The Hall–Kier alpha value is -0.560. The summed E-state index contributed by atoms with van der Waals surface area (Å²) in [5, 5.41) is 0. The molecule has 2 rings (SSSR count). The first-order valence-electron chi connectivity index (χ1n) is 6.79. The summed E-state index contributed by atoms with van der Waals surface area (Å²) in [4.78, 5) is 0. The van der Waals surface area contributed by atoms with Crippen LogP contribution in [0, 0.1) is 0 Å². The van der Waals surface area contributed by atoms with E-state index in [1.165, 1.54) is 59.7 Å². The largest absolute Gasteiger partial charge is 0.0795 e. The van der Waals surface area contributed by atoms with E-state index in [0.717, 1.165) is 6.42 Å². The highest BCUT2D eigenvalue weighted by Crippen LogP contribution is 2.31. The minimum atomic E-state index is 1.10. The standard InChI is InChI=1S/C16H21Br/c1-2-3-4-5-6-8-14-12-11-13-9-7-10-15(13)16(14)17/h7,10-12H,2-6,8-9H2,1H3. The summed E-state index contributed by atoms with van der Waals surface area (Å²) in [6.07, 6.45) is 13.6. The molecule has 0 aliphatic heterocycles. The predicted octanol–water partition coefficient (Wildman–Crippen LogP) is 5.53. The molecule has 92 valence electrons. The Morgan fingerprint density at radius 2 is 1.94 bits per heavy atom. The SMILES string of the molecule is CCCCCCCc1ccc2c(c1Br)C=CC2. The molecule has 17 heavy (non-hydrogen) atoms. The molecule has 1 aliphatic rings. The van der Waals surface area contributed by atoms with Crippen molar-refractivity contribution < 1.29 is 0 Å². The number of fused-ring (bicyclic) bond motifs is 1. The van der Waals surface area contributed by atoms with E-state index in [1.54, 1.807) is 0 Å². The van der Waals surface area contributed by atoms with Crippen LogP contribution in [0.3, 0.4) is 0 Å². The summed E-state index contributed by atoms with van der Waals surface area (Å²) in [5.74, 6) is 0. The lowest BCUT2D eigenvalue weighted by molar-refractivity contribution is 0.631. The molecule has 1 aliphatic carbocycles. The molecule has 0 unspecified atom stereocenters. The first-order valence-corrected chi connectivity index (χ1v) is 7.59. The van der Waals surface area contributed by atoms with Crippen LogP contribution < -0.4 is 0 Å². The maximum absolute atomic E-state index is 3.76. The van der Waals surface area contributed by atoms with Crippen LogP contribution in [0.1, 0.15) is 55.7 Å². The molecule has 0 aromatic heterocycles. The van der Waals surface area contributed by atoms with E-state index in [-0.39, 0.29) is 0 Å². The molecule has 0 radical (unpaired) electrons. The molecule has 0 atom stereocenters. The number of hydrogen-bond donors (Lipinski definition) is 0. The van der Waals surface area contributed by atoms with Crippen molar-refractivity contribution in [2.24, 2.45) is 0 Å². The third-order valence-corrected chi connectivity index (χ3v) is 4.46. The minimum Gasteiger partial charge on any atom is -0.0795 e. The number of aryl methyl sites for hydroxylation is 1. The topological polar surface area (TPSA) is 0 Å². The Labute approximate surface area is 113 Å². The lowest BCUT2D eigenvalue weighted by Crippen LogP contribution is -1.92. The highest BCUT2D eigenvalue weighted by atomic mass is 79.9.